The van der Waals surface area contributed by atoms with Crippen LogP contribution in [0.3, 0.4) is 0 Å². The molecule has 0 bridgehead atoms. The van der Waals surface area contributed by atoms with Crippen molar-refractivity contribution in [3.63, 3.8) is 0 Å². The quantitative estimate of drug-likeness (QED) is 0.387. The molecule has 1 aliphatic heterocycles. The van der Waals surface area contributed by atoms with Gasteiger partial charge in [0.05, 0.1) is 6.54 Å². The second-order valence-corrected chi connectivity index (χ2v) is 1.56. The van der Waals surface area contributed by atoms with Crippen LogP contribution in [0.15, 0.2) is 6.20 Å². The molecule has 1 aliphatic rings. The summed E-state index contributed by atoms with van der Waals surface area (Å²) in [5.74, 6) is 0. The molecule has 1 rings (SSSR count). The first-order valence-corrected chi connectivity index (χ1v) is 2.16. The van der Waals surface area contributed by atoms with Crippen molar-refractivity contribution in [1.29, 1.82) is 0 Å². The lowest BCUT2D eigenvalue weighted by Gasteiger charge is -1.95. The highest BCUT2D eigenvalue weighted by molar-refractivity contribution is 4.80. The summed E-state index contributed by atoms with van der Waals surface area (Å²) in [6.07, 6.45) is 6.17. The lowest BCUT2D eigenvalue weighted by Crippen LogP contribution is -2.04. The largest absolute Gasteiger partial charge is 0.333 e. The van der Waals surface area contributed by atoms with Crippen LogP contribution in [0.2, 0.25) is 0 Å². The van der Waals surface area contributed by atoms with E-state index in [-0.39, 0.29) is 0 Å². The van der Waals surface area contributed by atoms with Crippen LogP contribution < -0.4 is 0 Å². The summed E-state index contributed by atoms with van der Waals surface area (Å²) in [5.41, 5.74) is 0. The Labute approximate surface area is 38.3 Å². The van der Waals surface area contributed by atoms with Crippen LogP contribution in [-0.2, 0) is 0 Å². The minimum atomic E-state index is 1.11. The molecule has 0 aromatic carbocycles. The molecule has 0 amide bonds. The van der Waals surface area contributed by atoms with Crippen molar-refractivity contribution in [3.05, 3.63) is 12.3 Å². The van der Waals surface area contributed by atoms with Crippen LogP contribution in [0, 0.1) is 6.08 Å². The van der Waals surface area contributed by atoms with Crippen LogP contribution in [-0.4, -0.2) is 18.5 Å². The maximum absolute atomic E-state index is 3.07. The van der Waals surface area contributed by atoms with E-state index in [0.717, 1.165) is 13.0 Å². The minimum absolute atomic E-state index is 1.11. The zero-order chi connectivity index (χ0) is 4.41. The zero-order valence-corrected chi connectivity index (χ0v) is 3.94. The van der Waals surface area contributed by atoms with Crippen molar-refractivity contribution in [2.75, 3.05) is 13.6 Å². The monoisotopic (exact) mass is 82.1 g/mol. The van der Waals surface area contributed by atoms with Gasteiger partial charge in [-0.05, 0) is 0 Å². The second-order valence-electron chi connectivity index (χ2n) is 1.56. The SMILES string of the molecule is CN1C=[C+]CC1. The number of hydrogen-bond acceptors (Lipinski definition) is 1. The molecule has 1 nitrogen and oxygen atoms in total. The Balaban J connectivity index is 2.38. The van der Waals surface area contributed by atoms with Gasteiger partial charge in [-0.3, -0.25) is 0 Å². The van der Waals surface area contributed by atoms with Crippen LogP contribution in [0.5, 0.6) is 0 Å². The van der Waals surface area contributed by atoms with Gasteiger partial charge < -0.3 is 4.90 Å². The number of rotatable bonds is 0. The van der Waals surface area contributed by atoms with Gasteiger partial charge in [-0.25, -0.2) is 0 Å². The van der Waals surface area contributed by atoms with Crippen molar-refractivity contribution in [2.24, 2.45) is 0 Å². The van der Waals surface area contributed by atoms with Crippen LogP contribution in [0.4, 0.5) is 0 Å². The lowest BCUT2D eigenvalue weighted by atomic mass is 10.5. The minimum Gasteiger partial charge on any atom is -0.333 e. The summed E-state index contributed by atoms with van der Waals surface area (Å²) in [6, 6.07) is 0. The summed E-state index contributed by atoms with van der Waals surface area (Å²) in [7, 11) is 2.06. The van der Waals surface area contributed by atoms with E-state index in [1.165, 1.54) is 0 Å². The van der Waals surface area contributed by atoms with Gasteiger partial charge in [0.15, 0.2) is 6.42 Å². The molecule has 32 valence electrons. The van der Waals surface area contributed by atoms with Crippen molar-refractivity contribution >= 4 is 0 Å². The Morgan fingerprint density at radius 3 is 2.83 bits per heavy atom. The maximum Gasteiger partial charge on any atom is 0.243 e. The van der Waals surface area contributed by atoms with E-state index in [1.54, 1.807) is 0 Å². The average molecular weight is 82.1 g/mol. The molecule has 0 aliphatic carbocycles. The van der Waals surface area contributed by atoms with Gasteiger partial charge in [0, 0.05) is 7.05 Å². The normalized spacial score (nSPS) is 18.5. The highest BCUT2D eigenvalue weighted by Crippen LogP contribution is 1.96. The summed E-state index contributed by atoms with van der Waals surface area (Å²) in [6.45, 7) is 1.15. The second kappa shape index (κ2) is 1.27. The van der Waals surface area contributed by atoms with Crippen molar-refractivity contribution in [1.82, 2.24) is 4.90 Å². The fraction of sp³-hybridized carbons (Fsp3) is 0.600. The first-order chi connectivity index (χ1) is 2.89. The van der Waals surface area contributed by atoms with Crippen LogP contribution >= 0.6 is 0 Å². The average Bonchev–Trinajstić information content (AvgIpc) is 1.86. The predicted octanol–water partition coefficient (Wildman–Crippen LogP) is 0.639. The predicted molar refractivity (Wildman–Crippen MR) is 25.1 cm³/mol. The standard InChI is InChI=1S/C5H8N/c1-6-4-2-3-5-6/h5H,2,4H2,1H3/q+1. The Morgan fingerprint density at radius 1 is 1.83 bits per heavy atom. The van der Waals surface area contributed by atoms with Gasteiger partial charge in [-0.2, -0.15) is 0 Å². The number of hydrogen-bond donors (Lipinski definition) is 0. The van der Waals surface area contributed by atoms with E-state index >= 15 is 0 Å². The van der Waals surface area contributed by atoms with Gasteiger partial charge in [0.25, 0.3) is 0 Å². The van der Waals surface area contributed by atoms with Crippen molar-refractivity contribution in [2.45, 2.75) is 6.42 Å². The molecule has 1 heterocycles. The fourth-order valence-electron chi connectivity index (χ4n) is 0.526. The molecule has 0 N–H and O–H groups in total. The van der Waals surface area contributed by atoms with E-state index in [0.29, 0.717) is 0 Å². The molecule has 0 aromatic rings. The highest BCUT2D eigenvalue weighted by atomic mass is 15.1. The summed E-state index contributed by atoms with van der Waals surface area (Å²) in [4.78, 5) is 2.12. The summed E-state index contributed by atoms with van der Waals surface area (Å²) >= 11 is 0. The molecule has 0 aromatic heterocycles. The Morgan fingerprint density at radius 2 is 2.67 bits per heavy atom. The first-order valence-electron chi connectivity index (χ1n) is 2.16. The molecule has 0 radical (unpaired) electrons. The summed E-state index contributed by atoms with van der Waals surface area (Å²) < 4.78 is 0. The van der Waals surface area contributed by atoms with Crippen LogP contribution in [0.1, 0.15) is 6.42 Å². The molecular weight excluding hydrogens is 74.1 g/mol. The smallest absolute Gasteiger partial charge is 0.243 e. The van der Waals surface area contributed by atoms with Gasteiger partial charge >= 0.3 is 0 Å². The maximum atomic E-state index is 3.07. The van der Waals surface area contributed by atoms with Crippen molar-refractivity contribution < 1.29 is 0 Å². The topological polar surface area (TPSA) is 3.24 Å². The van der Waals surface area contributed by atoms with Gasteiger partial charge in [0.1, 0.15) is 0 Å². The Bertz CT molecular complexity index is 66.3. The van der Waals surface area contributed by atoms with E-state index in [4.69, 9.17) is 0 Å². The first kappa shape index (κ1) is 3.63. The molecule has 0 saturated carbocycles. The molecular formula is C5H8N+. The number of nitrogens with zero attached hydrogens (tertiary/aromatic N) is 1. The molecule has 0 fully saturated rings. The van der Waals surface area contributed by atoms with E-state index in [9.17, 15) is 0 Å². The molecule has 1 heteroatoms. The molecule has 0 unspecified atom stereocenters. The van der Waals surface area contributed by atoms with Gasteiger partial charge in [0.2, 0.25) is 12.3 Å². The molecule has 0 atom stereocenters. The highest BCUT2D eigenvalue weighted by Gasteiger charge is 2.07. The molecule has 6 heavy (non-hydrogen) atoms. The zero-order valence-electron chi connectivity index (χ0n) is 3.94. The van der Waals surface area contributed by atoms with Crippen LogP contribution in [0.25, 0.3) is 0 Å². The molecule has 0 spiro atoms. The van der Waals surface area contributed by atoms with Gasteiger partial charge in [-0.15, -0.1) is 0 Å². The van der Waals surface area contributed by atoms with E-state index in [1.807, 2.05) is 6.20 Å². The van der Waals surface area contributed by atoms with E-state index < -0.39 is 0 Å². The molecule has 0 saturated heterocycles. The third kappa shape index (κ3) is 0.498. The Kier molecular flexibility index (Phi) is 0.771. The van der Waals surface area contributed by atoms with Crippen molar-refractivity contribution in [3.8, 4) is 0 Å². The van der Waals surface area contributed by atoms with E-state index in [2.05, 4.69) is 18.0 Å². The van der Waals surface area contributed by atoms with Gasteiger partial charge in [-0.1, -0.05) is 0 Å². The lowest BCUT2D eigenvalue weighted by molar-refractivity contribution is 0.496. The third-order valence-corrected chi connectivity index (χ3v) is 0.921. The summed E-state index contributed by atoms with van der Waals surface area (Å²) in [5, 5.41) is 0. The fourth-order valence-corrected chi connectivity index (χ4v) is 0.526. The third-order valence-electron chi connectivity index (χ3n) is 0.921. The Hall–Kier alpha value is -0.550.